The molecule has 0 saturated carbocycles. The van der Waals surface area contributed by atoms with E-state index >= 15 is 0 Å². The van der Waals surface area contributed by atoms with Crippen LogP contribution in [-0.2, 0) is 20.9 Å². The molecule has 0 aliphatic carbocycles. The van der Waals surface area contributed by atoms with Gasteiger partial charge in [-0.2, -0.15) is 0 Å². The Labute approximate surface area is 128 Å². The average molecular weight is 308 g/mol. The number of hydrogen-bond acceptors (Lipinski definition) is 5. The zero-order valence-electron chi connectivity index (χ0n) is 12.5. The number of carbonyl (C=O) groups is 2. The van der Waals surface area contributed by atoms with Crippen molar-refractivity contribution in [3.8, 4) is 11.5 Å². The number of ether oxygens (including phenoxy) is 3. The molecule has 1 aromatic carbocycles. The summed E-state index contributed by atoms with van der Waals surface area (Å²) in [6.45, 7) is 3.98. The van der Waals surface area contributed by atoms with Crippen LogP contribution >= 0.6 is 0 Å². The second-order valence-corrected chi connectivity index (χ2v) is 4.68. The summed E-state index contributed by atoms with van der Waals surface area (Å²) in [4.78, 5) is 23.2. The van der Waals surface area contributed by atoms with E-state index in [0.29, 0.717) is 37.7 Å². The van der Waals surface area contributed by atoms with Crippen LogP contribution in [0.2, 0.25) is 0 Å². The van der Waals surface area contributed by atoms with Gasteiger partial charge in [0, 0.05) is 26.3 Å². The Morgan fingerprint density at radius 3 is 2.77 bits per heavy atom. The Morgan fingerprint density at radius 2 is 1.95 bits per heavy atom. The highest BCUT2D eigenvalue weighted by atomic mass is 16.7. The Balaban J connectivity index is 1.69. The van der Waals surface area contributed by atoms with Gasteiger partial charge in [0.25, 0.3) is 0 Å². The molecule has 0 fully saturated rings. The molecule has 7 heteroatoms. The lowest BCUT2D eigenvalue weighted by atomic mass is 10.2. The van der Waals surface area contributed by atoms with Gasteiger partial charge in [0.15, 0.2) is 11.5 Å². The molecule has 0 unspecified atom stereocenters. The van der Waals surface area contributed by atoms with Crippen LogP contribution in [-0.4, -0.2) is 38.4 Å². The van der Waals surface area contributed by atoms with Crippen LogP contribution in [0.4, 0.5) is 0 Å². The maximum atomic E-state index is 11.7. The van der Waals surface area contributed by atoms with Gasteiger partial charge in [0.2, 0.25) is 6.79 Å². The number of hydrogen-bond donors (Lipinski definition) is 2. The summed E-state index contributed by atoms with van der Waals surface area (Å²) in [7, 11) is 0. The highest BCUT2D eigenvalue weighted by Gasteiger charge is 2.15. The topological polar surface area (TPSA) is 85.9 Å². The predicted octanol–water partition coefficient (Wildman–Crippen LogP) is 0.574. The molecule has 0 saturated heterocycles. The van der Waals surface area contributed by atoms with Gasteiger partial charge in [-0.15, -0.1) is 0 Å². The lowest BCUT2D eigenvalue weighted by molar-refractivity contribution is -0.139. The monoisotopic (exact) mass is 308 g/mol. The second kappa shape index (κ2) is 8.23. The average Bonchev–Trinajstić information content (AvgIpc) is 2.99. The molecule has 2 N–H and O–H groups in total. The third-order valence-electron chi connectivity index (χ3n) is 3.05. The van der Waals surface area contributed by atoms with Crippen molar-refractivity contribution in [3.63, 3.8) is 0 Å². The number of benzene rings is 1. The van der Waals surface area contributed by atoms with Crippen molar-refractivity contribution < 1.29 is 23.8 Å². The van der Waals surface area contributed by atoms with Crippen molar-refractivity contribution >= 4 is 11.8 Å². The first-order valence-corrected chi connectivity index (χ1v) is 7.23. The van der Waals surface area contributed by atoms with Crippen LogP contribution in [0.25, 0.3) is 0 Å². The van der Waals surface area contributed by atoms with E-state index in [2.05, 4.69) is 10.6 Å². The van der Waals surface area contributed by atoms with Crippen molar-refractivity contribution in [2.24, 2.45) is 0 Å². The minimum atomic E-state index is -0.658. The first-order chi connectivity index (χ1) is 10.7. The lowest BCUT2D eigenvalue weighted by Crippen LogP contribution is -2.40. The molecular formula is C15H20N2O5. The molecule has 22 heavy (non-hydrogen) atoms. The molecule has 0 aromatic heterocycles. The molecule has 1 heterocycles. The Hall–Kier alpha value is -2.28. The van der Waals surface area contributed by atoms with E-state index < -0.39 is 11.8 Å². The SMILES string of the molecule is CCOCCCNC(=O)C(=O)NCc1ccc2c(c1)OCO2. The van der Waals surface area contributed by atoms with Crippen LogP contribution in [0.15, 0.2) is 18.2 Å². The number of nitrogens with one attached hydrogen (secondary N) is 2. The molecule has 120 valence electrons. The van der Waals surface area contributed by atoms with Gasteiger partial charge in [0.1, 0.15) is 0 Å². The summed E-state index contributed by atoms with van der Waals surface area (Å²) >= 11 is 0. The van der Waals surface area contributed by atoms with Crippen molar-refractivity contribution in [1.29, 1.82) is 0 Å². The molecule has 1 aliphatic rings. The first kappa shape index (κ1) is 16.1. The van der Waals surface area contributed by atoms with Gasteiger partial charge in [-0.3, -0.25) is 9.59 Å². The minimum absolute atomic E-state index is 0.204. The van der Waals surface area contributed by atoms with Gasteiger partial charge in [-0.05, 0) is 31.0 Å². The van der Waals surface area contributed by atoms with Crippen molar-refractivity contribution in [2.45, 2.75) is 19.9 Å². The fraction of sp³-hybridized carbons (Fsp3) is 0.467. The molecule has 2 rings (SSSR count). The Morgan fingerprint density at radius 1 is 1.18 bits per heavy atom. The van der Waals surface area contributed by atoms with Crippen LogP contribution in [0, 0.1) is 0 Å². The summed E-state index contributed by atoms with van der Waals surface area (Å²) < 4.78 is 15.6. The summed E-state index contributed by atoms with van der Waals surface area (Å²) in [5, 5.41) is 5.11. The molecule has 7 nitrogen and oxygen atoms in total. The molecule has 2 amide bonds. The Kier molecular flexibility index (Phi) is 6.02. The Bertz CT molecular complexity index is 533. The van der Waals surface area contributed by atoms with Gasteiger partial charge in [0.05, 0.1) is 0 Å². The number of amides is 2. The summed E-state index contributed by atoms with van der Waals surface area (Å²) in [5.74, 6) is 0.0283. The van der Waals surface area contributed by atoms with Gasteiger partial charge in [-0.1, -0.05) is 6.07 Å². The maximum absolute atomic E-state index is 11.7. The van der Waals surface area contributed by atoms with E-state index in [1.165, 1.54) is 0 Å². The normalized spacial score (nSPS) is 12.0. The van der Waals surface area contributed by atoms with E-state index in [4.69, 9.17) is 14.2 Å². The molecule has 0 radical (unpaired) electrons. The van der Waals surface area contributed by atoms with Gasteiger partial charge >= 0.3 is 11.8 Å². The van der Waals surface area contributed by atoms with Crippen molar-refractivity contribution in [3.05, 3.63) is 23.8 Å². The summed E-state index contributed by atoms with van der Waals surface area (Å²) in [6.07, 6.45) is 0.676. The fourth-order valence-corrected chi connectivity index (χ4v) is 1.91. The largest absolute Gasteiger partial charge is 0.454 e. The molecule has 1 aliphatic heterocycles. The maximum Gasteiger partial charge on any atom is 0.309 e. The van der Waals surface area contributed by atoms with Gasteiger partial charge in [-0.25, -0.2) is 0 Å². The minimum Gasteiger partial charge on any atom is -0.454 e. The van der Waals surface area contributed by atoms with Crippen molar-refractivity contribution in [1.82, 2.24) is 10.6 Å². The number of rotatable bonds is 7. The number of carbonyl (C=O) groups excluding carboxylic acids is 2. The smallest absolute Gasteiger partial charge is 0.309 e. The van der Waals surface area contributed by atoms with Crippen LogP contribution < -0.4 is 20.1 Å². The first-order valence-electron chi connectivity index (χ1n) is 7.23. The standard InChI is InChI=1S/C15H20N2O5/c1-2-20-7-3-6-16-14(18)15(19)17-9-11-4-5-12-13(8-11)22-10-21-12/h4-5,8H,2-3,6-7,9-10H2,1H3,(H,16,18)(H,17,19). The predicted molar refractivity (Wildman–Crippen MR) is 78.5 cm³/mol. The van der Waals surface area contributed by atoms with E-state index in [1.54, 1.807) is 12.1 Å². The second-order valence-electron chi connectivity index (χ2n) is 4.68. The van der Waals surface area contributed by atoms with Crippen LogP contribution in [0.3, 0.4) is 0 Å². The molecule has 0 bridgehead atoms. The van der Waals surface area contributed by atoms with Crippen LogP contribution in [0.1, 0.15) is 18.9 Å². The highest BCUT2D eigenvalue weighted by Crippen LogP contribution is 2.32. The molecule has 0 atom stereocenters. The molecular weight excluding hydrogens is 288 g/mol. The lowest BCUT2D eigenvalue weighted by Gasteiger charge is -2.07. The summed E-state index contributed by atoms with van der Waals surface area (Å²) in [5.41, 5.74) is 0.835. The number of fused-ring (bicyclic) bond motifs is 1. The fourth-order valence-electron chi connectivity index (χ4n) is 1.91. The van der Waals surface area contributed by atoms with Crippen molar-refractivity contribution in [2.75, 3.05) is 26.6 Å². The summed E-state index contributed by atoms with van der Waals surface area (Å²) in [6, 6.07) is 5.37. The van der Waals surface area contributed by atoms with Gasteiger partial charge < -0.3 is 24.8 Å². The third kappa shape index (κ3) is 4.63. The zero-order chi connectivity index (χ0) is 15.8. The van der Waals surface area contributed by atoms with Crippen LogP contribution in [0.5, 0.6) is 11.5 Å². The molecule has 1 aromatic rings. The van der Waals surface area contributed by atoms with E-state index in [-0.39, 0.29) is 13.3 Å². The quantitative estimate of drug-likeness (QED) is 0.568. The van der Waals surface area contributed by atoms with E-state index in [1.807, 2.05) is 13.0 Å². The third-order valence-corrected chi connectivity index (χ3v) is 3.05. The highest BCUT2D eigenvalue weighted by molar-refractivity contribution is 6.35. The zero-order valence-corrected chi connectivity index (χ0v) is 12.5. The molecule has 0 spiro atoms. The van der Waals surface area contributed by atoms with E-state index in [0.717, 1.165) is 5.56 Å². The van der Waals surface area contributed by atoms with E-state index in [9.17, 15) is 9.59 Å².